The Balaban J connectivity index is 1.87. The number of aliphatic hydroxyl groups is 2. The lowest BCUT2D eigenvalue weighted by atomic mass is 9.72. The first-order valence-electron chi connectivity index (χ1n) is 9.67. The van der Waals surface area contributed by atoms with Crippen molar-refractivity contribution in [2.45, 2.75) is 39.2 Å². The number of carbonyl (C=O) groups excluding carboxylic acids is 1. The summed E-state index contributed by atoms with van der Waals surface area (Å²) in [4.78, 5) is 13.7. The molecule has 150 valence electrons. The zero-order chi connectivity index (χ0) is 19.8. The minimum atomic E-state index is -0.599. The molecule has 2 aliphatic rings. The van der Waals surface area contributed by atoms with E-state index in [4.69, 9.17) is 9.47 Å². The van der Waals surface area contributed by atoms with Gasteiger partial charge in [0, 0.05) is 24.4 Å². The highest BCUT2D eigenvalue weighted by Gasteiger charge is 2.48. The lowest BCUT2D eigenvalue weighted by Crippen LogP contribution is -2.38. The summed E-state index contributed by atoms with van der Waals surface area (Å²) < 4.78 is 11.5. The molecule has 2 fully saturated rings. The maximum atomic E-state index is 12.0. The molecule has 1 aromatic carbocycles. The summed E-state index contributed by atoms with van der Waals surface area (Å²) in [6.07, 6.45) is 0.598. The van der Waals surface area contributed by atoms with E-state index in [1.165, 1.54) is 6.42 Å². The first-order valence-corrected chi connectivity index (χ1v) is 9.67. The van der Waals surface area contributed by atoms with Crippen molar-refractivity contribution in [1.29, 1.82) is 0 Å². The molecule has 1 aliphatic carbocycles. The third kappa shape index (κ3) is 3.92. The highest BCUT2D eigenvalue weighted by molar-refractivity contribution is 5.77. The molecule has 0 spiro atoms. The van der Waals surface area contributed by atoms with Gasteiger partial charge >= 0.3 is 0 Å². The van der Waals surface area contributed by atoms with Crippen LogP contribution in [-0.2, 0) is 4.79 Å². The Bertz CT molecular complexity index is 691. The summed E-state index contributed by atoms with van der Waals surface area (Å²) in [5, 5.41) is 19.7. The number of amides is 1. The Morgan fingerprint density at radius 1 is 1.41 bits per heavy atom. The summed E-state index contributed by atoms with van der Waals surface area (Å²) in [7, 11) is 1.62. The van der Waals surface area contributed by atoms with Crippen LogP contribution in [0.4, 0.5) is 0 Å². The topological polar surface area (TPSA) is 79.2 Å². The summed E-state index contributed by atoms with van der Waals surface area (Å²) in [5.41, 5.74) is 0.508. The van der Waals surface area contributed by atoms with Gasteiger partial charge < -0.3 is 24.6 Å². The molecule has 0 radical (unpaired) electrons. The number of benzene rings is 1. The van der Waals surface area contributed by atoms with Gasteiger partial charge in [-0.2, -0.15) is 0 Å². The second kappa shape index (κ2) is 7.68. The molecule has 6 nitrogen and oxygen atoms in total. The molecule has 5 atom stereocenters. The fourth-order valence-electron chi connectivity index (χ4n) is 4.07. The molecule has 1 aliphatic heterocycles. The van der Waals surface area contributed by atoms with Crippen molar-refractivity contribution in [1.82, 2.24) is 4.90 Å². The molecule has 2 N–H and O–H groups in total. The maximum absolute atomic E-state index is 12.0. The highest BCUT2D eigenvalue weighted by Crippen LogP contribution is 2.47. The van der Waals surface area contributed by atoms with Gasteiger partial charge in [-0.15, -0.1) is 0 Å². The monoisotopic (exact) mass is 377 g/mol. The Morgan fingerprint density at radius 2 is 2.11 bits per heavy atom. The first kappa shape index (κ1) is 20.0. The molecule has 1 aromatic rings. The van der Waals surface area contributed by atoms with Crippen molar-refractivity contribution in [3.05, 3.63) is 23.8 Å². The molecule has 1 heterocycles. The van der Waals surface area contributed by atoms with E-state index >= 15 is 0 Å². The minimum Gasteiger partial charge on any atom is -0.493 e. The number of methoxy groups -OCH3 is 1. The molecule has 27 heavy (non-hydrogen) atoms. The Morgan fingerprint density at radius 3 is 2.67 bits per heavy atom. The van der Waals surface area contributed by atoms with E-state index in [-0.39, 0.29) is 11.8 Å². The number of nitrogens with zero attached hydrogens (tertiary/aromatic N) is 1. The Kier molecular flexibility index (Phi) is 5.68. The van der Waals surface area contributed by atoms with Crippen molar-refractivity contribution >= 4 is 5.91 Å². The van der Waals surface area contributed by atoms with Crippen molar-refractivity contribution in [2.75, 3.05) is 33.4 Å². The second-order valence-electron chi connectivity index (χ2n) is 8.36. The van der Waals surface area contributed by atoms with Crippen LogP contribution in [0.1, 0.15) is 38.7 Å². The van der Waals surface area contributed by atoms with Crippen molar-refractivity contribution in [3.63, 3.8) is 0 Å². The zero-order valence-corrected chi connectivity index (χ0v) is 16.6. The SMILES string of the molecule is COc1ccc([C@@H]2CN(C(=O)CO)C[C@@]2(C)[C@@H](C)O)cc1OC[C@@H]1CC1C. The molecular weight excluding hydrogens is 346 g/mol. The number of carbonyl (C=O) groups is 1. The second-order valence-corrected chi connectivity index (χ2v) is 8.36. The number of hydrogen-bond acceptors (Lipinski definition) is 5. The smallest absolute Gasteiger partial charge is 0.248 e. The Hall–Kier alpha value is -1.79. The fraction of sp³-hybridized carbons (Fsp3) is 0.667. The normalized spacial score (nSPS) is 30.9. The van der Waals surface area contributed by atoms with Gasteiger partial charge in [-0.05, 0) is 42.9 Å². The van der Waals surface area contributed by atoms with E-state index in [2.05, 4.69) is 6.92 Å². The van der Waals surface area contributed by atoms with Crippen LogP contribution in [0.2, 0.25) is 0 Å². The standard InChI is InChI=1S/C21H31NO5/c1-13-7-16(13)11-27-19-8-15(5-6-18(19)26-4)17-9-22(20(25)10-23)12-21(17,3)14(2)24/h5-6,8,13-14,16-17,23-24H,7,9-12H2,1-4H3/t13?,14-,16+,17+,21+/m1/s1. The van der Waals surface area contributed by atoms with E-state index in [9.17, 15) is 15.0 Å². The van der Waals surface area contributed by atoms with Crippen molar-refractivity contribution < 1.29 is 24.5 Å². The number of ether oxygens (including phenoxy) is 2. The average Bonchev–Trinajstić information content (AvgIpc) is 3.24. The van der Waals surface area contributed by atoms with E-state index in [0.717, 1.165) is 5.56 Å². The molecule has 1 saturated heterocycles. The molecule has 0 aromatic heterocycles. The van der Waals surface area contributed by atoms with Gasteiger partial charge in [-0.1, -0.05) is 19.9 Å². The van der Waals surface area contributed by atoms with Crippen LogP contribution in [0.25, 0.3) is 0 Å². The third-order valence-corrected chi connectivity index (χ3v) is 6.49. The van der Waals surface area contributed by atoms with Gasteiger partial charge in [0.1, 0.15) is 6.61 Å². The van der Waals surface area contributed by atoms with Crippen LogP contribution in [-0.4, -0.2) is 60.5 Å². The largest absolute Gasteiger partial charge is 0.493 e. The molecule has 1 unspecified atom stereocenters. The van der Waals surface area contributed by atoms with Gasteiger partial charge in [-0.25, -0.2) is 0 Å². The number of aliphatic hydroxyl groups excluding tert-OH is 2. The lowest BCUT2D eigenvalue weighted by molar-refractivity contribution is -0.133. The van der Waals surface area contributed by atoms with E-state index in [1.807, 2.05) is 25.1 Å². The van der Waals surface area contributed by atoms with E-state index in [0.29, 0.717) is 43.0 Å². The molecule has 1 saturated carbocycles. The van der Waals surface area contributed by atoms with E-state index in [1.54, 1.807) is 18.9 Å². The highest BCUT2D eigenvalue weighted by atomic mass is 16.5. The van der Waals surface area contributed by atoms with Gasteiger partial charge in [-0.3, -0.25) is 4.79 Å². The van der Waals surface area contributed by atoms with Gasteiger partial charge in [0.15, 0.2) is 11.5 Å². The fourth-order valence-corrected chi connectivity index (χ4v) is 4.07. The summed E-state index contributed by atoms with van der Waals surface area (Å²) in [6.45, 7) is 7.01. The van der Waals surface area contributed by atoms with Gasteiger partial charge in [0.05, 0.1) is 19.8 Å². The van der Waals surface area contributed by atoms with Crippen LogP contribution in [0.5, 0.6) is 11.5 Å². The lowest BCUT2D eigenvalue weighted by Gasteiger charge is -2.33. The van der Waals surface area contributed by atoms with Crippen molar-refractivity contribution in [3.8, 4) is 11.5 Å². The number of likely N-dealkylation sites (tertiary alicyclic amines) is 1. The summed E-state index contributed by atoms with van der Waals surface area (Å²) in [5.74, 6) is 2.34. The third-order valence-electron chi connectivity index (χ3n) is 6.49. The summed E-state index contributed by atoms with van der Waals surface area (Å²) in [6, 6.07) is 5.84. The zero-order valence-electron chi connectivity index (χ0n) is 16.6. The quantitative estimate of drug-likeness (QED) is 0.760. The molecule has 0 bridgehead atoms. The molecule has 1 amide bonds. The van der Waals surface area contributed by atoms with Crippen LogP contribution >= 0.6 is 0 Å². The van der Waals surface area contributed by atoms with E-state index < -0.39 is 18.1 Å². The van der Waals surface area contributed by atoms with Crippen LogP contribution in [0.15, 0.2) is 18.2 Å². The number of rotatable bonds is 7. The molecule has 3 rings (SSSR count). The minimum absolute atomic E-state index is 0.0545. The van der Waals surface area contributed by atoms with Gasteiger partial charge in [0.25, 0.3) is 0 Å². The van der Waals surface area contributed by atoms with Crippen LogP contribution < -0.4 is 9.47 Å². The molecular formula is C21H31NO5. The Labute approximate surface area is 161 Å². The predicted octanol–water partition coefficient (Wildman–Crippen LogP) is 2.04. The van der Waals surface area contributed by atoms with Crippen LogP contribution in [0.3, 0.4) is 0 Å². The molecule has 6 heteroatoms. The van der Waals surface area contributed by atoms with Crippen LogP contribution in [0, 0.1) is 17.3 Å². The van der Waals surface area contributed by atoms with Gasteiger partial charge in [0.2, 0.25) is 5.91 Å². The maximum Gasteiger partial charge on any atom is 0.248 e. The predicted molar refractivity (Wildman–Crippen MR) is 102 cm³/mol. The first-order chi connectivity index (χ1) is 12.8. The number of hydrogen-bond donors (Lipinski definition) is 2. The van der Waals surface area contributed by atoms with Crippen molar-refractivity contribution in [2.24, 2.45) is 17.3 Å². The summed E-state index contributed by atoms with van der Waals surface area (Å²) >= 11 is 0. The average molecular weight is 377 g/mol.